The third-order valence-electron chi connectivity index (χ3n) is 4.21. The van der Waals surface area contributed by atoms with Gasteiger partial charge in [0.1, 0.15) is 0 Å². The van der Waals surface area contributed by atoms with Crippen molar-refractivity contribution < 1.29 is 9.18 Å². The highest BCUT2D eigenvalue weighted by atomic mass is 32.2. The molecule has 0 aliphatic heterocycles. The van der Waals surface area contributed by atoms with Gasteiger partial charge in [0.05, 0.1) is 6.20 Å². The van der Waals surface area contributed by atoms with Crippen LogP contribution in [0.3, 0.4) is 0 Å². The number of hydrogen-bond donors (Lipinski definition) is 2. The van der Waals surface area contributed by atoms with E-state index in [0.717, 1.165) is 17.9 Å². The van der Waals surface area contributed by atoms with Crippen LogP contribution in [0.15, 0.2) is 15.8 Å². The van der Waals surface area contributed by atoms with Crippen molar-refractivity contribution >= 4 is 25.9 Å². The van der Waals surface area contributed by atoms with Crippen molar-refractivity contribution in [2.75, 3.05) is 18.1 Å². The molecule has 1 rings (SSSR count). The Hall–Kier alpha value is -1.35. The second kappa shape index (κ2) is 11.4. The van der Waals surface area contributed by atoms with E-state index in [9.17, 15) is 18.8 Å². The summed E-state index contributed by atoms with van der Waals surface area (Å²) in [6.45, 7) is 7.56. The number of nitrogens with zero attached hydrogens (tertiary/aromatic N) is 1. The number of unbranched alkanes of at least 4 members (excludes halogenated alkanes) is 1. The molecule has 0 radical (unpaired) electrons. The number of carbonyl (C=O) groups excluding carboxylic acids is 1. The summed E-state index contributed by atoms with van der Waals surface area (Å²) >= 11 is 1.87. The lowest BCUT2D eigenvalue weighted by atomic mass is 10.4. The highest BCUT2D eigenvalue weighted by Gasteiger charge is 2.18. The summed E-state index contributed by atoms with van der Waals surface area (Å²) in [4.78, 5) is 36.0. The van der Waals surface area contributed by atoms with Crippen LogP contribution in [0.2, 0.25) is 25.2 Å². The van der Waals surface area contributed by atoms with Gasteiger partial charge in [-0.2, -0.15) is 16.2 Å². The van der Waals surface area contributed by atoms with Crippen molar-refractivity contribution in [3.63, 3.8) is 0 Å². The molecule has 0 unspecified atom stereocenters. The molecule has 148 valence electrons. The second-order valence-electron chi connectivity index (χ2n) is 7.18. The van der Waals surface area contributed by atoms with E-state index in [0.29, 0.717) is 17.3 Å². The van der Waals surface area contributed by atoms with E-state index in [1.807, 2.05) is 11.8 Å². The van der Waals surface area contributed by atoms with E-state index in [-0.39, 0.29) is 0 Å². The SMILES string of the molecule is CCCC[Si](C)(C)CCCSCCCNC(=O)n1cc(F)c(=O)[nH]c1=O. The molecule has 1 aromatic rings. The van der Waals surface area contributed by atoms with Gasteiger partial charge in [-0.25, -0.2) is 14.2 Å². The molecule has 2 N–H and O–H groups in total. The van der Waals surface area contributed by atoms with Gasteiger partial charge in [-0.3, -0.25) is 9.78 Å². The monoisotopic (exact) mass is 403 g/mol. The molecule has 0 bridgehead atoms. The number of H-pyrrole nitrogens is 1. The quantitative estimate of drug-likeness (QED) is 0.439. The van der Waals surface area contributed by atoms with Gasteiger partial charge in [-0.1, -0.05) is 44.9 Å². The average molecular weight is 404 g/mol. The first-order chi connectivity index (χ1) is 12.3. The fourth-order valence-corrected chi connectivity index (χ4v) is 6.44. The highest BCUT2D eigenvalue weighted by Crippen LogP contribution is 2.21. The summed E-state index contributed by atoms with van der Waals surface area (Å²) in [5, 5.41) is 2.55. The highest BCUT2D eigenvalue weighted by molar-refractivity contribution is 7.99. The molecule has 6 nitrogen and oxygen atoms in total. The largest absolute Gasteiger partial charge is 0.337 e. The van der Waals surface area contributed by atoms with Gasteiger partial charge in [0.2, 0.25) is 5.82 Å². The van der Waals surface area contributed by atoms with Crippen LogP contribution in [-0.2, 0) is 0 Å². The fourth-order valence-electron chi connectivity index (χ4n) is 2.59. The molecule has 1 heterocycles. The van der Waals surface area contributed by atoms with Crippen molar-refractivity contribution in [1.82, 2.24) is 14.9 Å². The van der Waals surface area contributed by atoms with Crippen molar-refractivity contribution in [2.24, 2.45) is 0 Å². The molecule has 0 saturated carbocycles. The minimum atomic E-state index is -1.17. The molecule has 0 aliphatic rings. The smallest absolute Gasteiger partial charge is 0.336 e. The molecule has 26 heavy (non-hydrogen) atoms. The van der Waals surface area contributed by atoms with E-state index >= 15 is 0 Å². The lowest BCUT2D eigenvalue weighted by Crippen LogP contribution is -2.41. The second-order valence-corrected chi connectivity index (χ2v) is 13.7. The Morgan fingerprint density at radius 2 is 1.88 bits per heavy atom. The molecule has 0 fully saturated rings. The normalized spacial score (nSPS) is 11.5. The number of carbonyl (C=O) groups is 1. The zero-order valence-corrected chi connectivity index (χ0v) is 17.7. The van der Waals surface area contributed by atoms with Gasteiger partial charge in [-0.05, 0) is 24.3 Å². The van der Waals surface area contributed by atoms with Gasteiger partial charge in [0, 0.05) is 14.6 Å². The van der Waals surface area contributed by atoms with Crippen LogP contribution >= 0.6 is 11.8 Å². The van der Waals surface area contributed by atoms with Crippen LogP contribution < -0.4 is 16.6 Å². The van der Waals surface area contributed by atoms with Crippen molar-refractivity contribution in [3.8, 4) is 0 Å². The Labute approximate surface area is 159 Å². The number of rotatable bonds is 11. The maximum absolute atomic E-state index is 13.1. The summed E-state index contributed by atoms with van der Waals surface area (Å²) in [6, 6.07) is 2.03. The predicted octanol–water partition coefficient (Wildman–Crippen LogP) is 3.26. The number of thioether (sulfide) groups is 1. The van der Waals surface area contributed by atoms with Crippen LogP contribution in [0.5, 0.6) is 0 Å². The first-order valence-corrected chi connectivity index (χ1v) is 13.7. The molecular formula is C17H30FN3O3SSi. The van der Waals surface area contributed by atoms with Gasteiger partial charge in [-0.15, -0.1) is 0 Å². The first kappa shape index (κ1) is 22.7. The maximum Gasteiger partial charge on any atom is 0.336 e. The third-order valence-corrected chi connectivity index (χ3v) is 8.78. The van der Waals surface area contributed by atoms with E-state index in [2.05, 4.69) is 25.3 Å². The Morgan fingerprint density at radius 1 is 1.23 bits per heavy atom. The van der Waals surface area contributed by atoms with E-state index in [1.165, 1.54) is 31.4 Å². The van der Waals surface area contributed by atoms with Gasteiger partial charge < -0.3 is 5.32 Å². The van der Waals surface area contributed by atoms with Crippen LogP contribution in [0.1, 0.15) is 32.6 Å². The standard InChI is InChI=1S/C17H30FN3O3SSi/c1-4-5-11-26(2,3)12-7-10-25-9-6-8-19-16(23)21-13-14(18)15(22)20-17(21)24/h13H,4-12H2,1-3H3,(H,19,23)(H,20,22,24). The van der Waals surface area contributed by atoms with Crippen molar-refractivity contribution in [1.29, 1.82) is 0 Å². The molecule has 1 amide bonds. The number of amides is 1. The van der Waals surface area contributed by atoms with Crippen molar-refractivity contribution in [2.45, 2.75) is 57.8 Å². The summed E-state index contributed by atoms with van der Waals surface area (Å²) in [5.41, 5.74) is -2.07. The lowest BCUT2D eigenvalue weighted by molar-refractivity contribution is 0.240. The Kier molecular flexibility index (Phi) is 9.93. The Balaban J connectivity index is 2.18. The lowest BCUT2D eigenvalue weighted by Gasteiger charge is -2.21. The Bertz CT molecular complexity index is 691. The number of nitrogens with one attached hydrogen (secondary N) is 2. The first-order valence-electron chi connectivity index (χ1n) is 9.14. The molecule has 0 atom stereocenters. The van der Waals surface area contributed by atoms with Crippen LogP contribution in [-0.4, -0.2) is 41.7 Å². The summed E-state index contributed by atoms with van der Waals surface area (Å²) in [7, 11) is -1.02. The molecule has 0 spiro atoms. The zero-order valence-electron chi connectivity index (χ0n) is 15.9. The average Bonchev–Trinajstić information content (AvgIpc) is 2.58. The van der Waals surface area contributed by atoms with E-state index in [4.69, 9.17) is 0 Å². The molecule has 0 aliphatic carbocycles. The van der Waals surface area contributed by atoms with E-state index in [1.54, 1.807) is 4.98 Å². The van der Waals surface area contributed by atoms with E-state index < -0.39 is 31.2 Å². The number of aromatic nitrogens is 2. The van der Waals surface area contributed by atoms with Crippen LogP contribution in [0.25, 0.3) is 0 Å². The molecule has 0 saturated heterocycles. The zero-order chi connectivity index (χ0) is 19.6. The molecule has 9 heteroatoms. The molecular weight excluding hydrogens is 373 g/mol. The minimum Gasteiger partial charge on any atom is -0.337 e. The third kappa shape index (κ3) is 8.35. The molecule has 0 aromatic carbocycles. The number of aromatic amines is 1. The van der Waals surface area contributed by atoms with Crippen LogP contribution in [0.4, 0.5) is 9.18 Å². The predicted molar refractivity (Wildman–Crippen MR) is 109 cm³/mol. The number of halogens is 1. The maximum atomic E-state index is 13.1. The summed E-state index contributed by atoms with van der Waals surface area (Å²) in [6.07, 6.45) is 5.23. The fraction of sp³-hybridized carbons (Fsp3) is 0.706. The number of hydrogen-bond acceptors (Lipinski definition) is 4. The Morgan fingerprint density at radius 3 is 2.58 bits per heavy atom. The topological polar surface area (TPSA) is 84.0 Å². The van der Waals surface area contributed by atoms with Gasteiger partial charge >= 0.3 is 11.7 Å². The minimum absolute atomic E-state index is 0.399. The van der Waals surface area contributed by atoms with Crippen molar-refractivity contribution in [3.05, 3.63) is 32.9 Å². The summed E-state index contributed by atoms with van der Waals surface area (Å²) in [5.74, 6) is 0.883. The van der Waals surface area contributed by atoms with Gasteiger partial charge in [0.15, 0.2) is 0 Å². The van der Waals surface area contributed by atoms with Crippen LogP contribution in [0, 0.1) is 5.82 Å². The summed E-state index contributed by atoms with van der Waals surface area (Å²) < 4.78 is 13.7. The molecule has 1 aromatic heterocycles. The van der Waals surface area contributed by atoms with Gasteiger partial charge in [0.25, 0.3) is 5.56 Å².